The van der Waals surface area contributed by atoms with E-state index < -0.39 is 0 Å². The standard InChI is InChI=1S/C11H6ClN3S/c12-7-1-2-8-6(3-7)4-9-10(8)15-11(16-9)14-5-13/h1,3-4H,2H2,(H,14,15). The lowest BCUT2D eigenvalue weighted by Crippen LogP contribution is -2.19. The van der Waals surface area contributed by atoms with Crippen molar-refractivity contribution in [2.24, 2.45) is 0 Å². The van der Waals surface area contributed by atoms with Gasteiger partial charge in [0.2, 0.25) is 0 Å². The van der Waals surface area contributed by atoms with Crippen LogP contribution in [0.4, 0.5) is 5.13 Å². The van der Waals surface area contributed by atoms with Gasteiger partial charge in [-0.15, -0.1) is 0 Å². The van der Waals surface area contributed by atoms with Crippen molar-refractivity contribution in [3.8, 4) is 6.19 Å². The molecule has 1 N–H and O–H groups in total. The summed E-state index contributed by atoms with van der Waals surface area (Å²) in [5.74, 6) is 0. The minimum atomic E-state index is 0.649. The van der Waals surface area contributed by atoms with Gasteiger partial charge in [-0.25, -0.2) is 4.98 Å². The molecule has 1 aromatic rings. The van der Waals surface area contributed by atoms with Gasteiger partial charge >= 0.3 is 0 Å². The third-order valence-corrected chi connectivity index (χ3v) is 3.71. The second-order valence-corrected chi connectivity index (χ2v) is 4.95. The molecular weight excluding hydrogens is 242 g/mol. The molecule has 16 heavy (non-hydrogen) atoms. The van der Waals surface area contributed by atoms with Crippen molar-refractivity contribution in [3.63, 3.8) is 0 Å². The molecule has 0 bridgehead atoms. The minimum absolute atomic E-state index is 0.649. The quantitative estimate of drug-likeness (QED) is 0.603. The van der Waals surface area contributed by atoms with E-state index in [1.165, 1.54) is 16.9 Å². The van der Waals surface area contributed by atoms with E-state index in [1.54, 1.807) is 0 Å². The first-order chi connectivity index (χ1) is 7.78. The number of rotatable bonds is 1. The lowest BCUT2D eigenvalue weighted by Gasteiger charge is -2.07. The Morgan fingerprint density at radius 2 is 2.38 bits per heavy atom. The molecule has 0 saturated heterocycles. The largest absolute Gasteiger partial charge is 0.268 e. The van der Waals surface area contributed by atoms with Gasteiger partial charge in [0.15, 0.2) is 11.3 Å². The van der Waals surface area contributed by atoms with Crippen LogP contribution >= 0.6 is 22.9 Å². The number of nitriles is 1. The van der Waals surface area contributed by atoms with Crippen LogP contribution in [-0.2, 0) is 0 Å². The first kappa shape index (κ1) is 9.64. The Kier molecular flexibility index (Phi) is 2.10. The van der Waals surface area contributed by atoms with Crippen LogP contribution in [0, 0.1) is 11.5 Å². The SMILES string of the molecule is N#CNc1nc2c(s1)=CC1=CC(Cl)=CCC=21. The zero-order valence-electron chi connectivity index (χ0n) is 8.12. The van der Waals surface area contributed by atoms with Gasteiger partial charge < -0.3 is 0 Å². The maximum atomic E-state index is 8.53. The normalized spacial score (nSPS) is 16.6. The number of thiazole rings is 1. The molecule has 2 aliphatic carbocycles. The van der Waals surface area contributed by atoms with Crippen LogP contribution in [0.1, 0.15) is 6.42 Å². The molecule has 0 aliphatic heterocycles. The predicted octanol–water partition coefficient (Wildman–Crippen LogP) is 1.43. The number of nitrogens with one attached hydrogen (secondary N) is 1. The van der Waals surface area contributed by atoms with E-state index in [-0.39, 0.29) is 0 Å². The van der Waals surface area contributed by atoms with Gasteiger partial charge in [-0.1, -0.05) is 29.0 Å². The lowest BCUT2D eigenvalue weighted by atomic mass is 10.0. The number of hydrogen-bond acceptors (Lipinski definition) is 4. The van der Waals surface area contributed by atoms with Crippen molar-refractivity contribution in [2.75, 3.05) is 5.32 Å². The van der Waals surface area contributed by atoms with E-state index in [9.17, 15) is 0 Å². The molecular formula is C11H6ClN3S. The highest BCUT2D eigenvalue weighted by molar-refractivity contribution is 7.13. The van der Waals surface area contributed by atoms with E-state index in [0.29, 0.717) is 5.13 Å². The van der Waals surface area contributed by atoms with Gasteiger partial charge in [0, 0.05) is 5.03 Å². The topological polar surface area (TPSA) is 48.7 Å². The summed E-state index contributed by atoms with van der Waals surface area (Å²) in [7, 11) is 0. The van der Waals surface area contributed by atoms with Crippen LogP contribution in [0.25, 0.3) is 11.6 Å². The van der Waals surface area contributed by atoms with Crippen molar-refractivity contribution < 1.29 is 0 Å². The summed E-state index contributed by atoms with van der Waals surface area (Å²) in [5.41, 5.74) is 2.34. The van der Waals surface area contributed by atoms with E-state index >= 15 is 0 Å². The van der Waals surface area contributed by atoms with Gasteiger partial charge in [-0.2, -0.15) is 5.26 Å². The van der Waals surface area contributed by atoms with E-state index in [4.69, 9.17) is 16.9 Å². The van der Waals surface area contributed by atoms with Gasteiger partial charge in [-0.3, -0.25) is 5.32 Å². The molecule has 3 rings (SSSR count). The summed E-state index contributed by atoms with van der Waals surface area (Å²) in [6.07, 6.45) is 8.68. The zero-order chi connectivity index (χ0) is 11.1. The highest BCUT2D eigenvalue weighted by Gasteiger charge is 2.17. The summed E-state index contributed by atoms with van der Waals surface area (Å²) in [6, 6.07) is 0. The Balaban J connectivity index is 2.18. The maximum absolute atomic E-state index is 8.53. The third kappa shape index (κ3) is 1.37. The molecule has 0 radical (unpaired) electrons. The molecule has 0 atom stereocenters. The maximum Gasteiger partial charge on any atom is 0.197 e. The third-order valence-electron chi connectivity index (χ3n) is 2.53. The van der Waals surface area contributed by atoms with Gasteiger partial charge in [0.25, 0.3) is 0 Å². The Morgan fingerprint density at radius 1 is 1.50 bits per heavy atom. The van der Waals surface area contributed by atoms with Crippen LogP contribution in [0.5, 0.6) is 0 Å². The highest BCUT2D eigenvalue weighted by Crippen LogP contribution is 2.28. The summed E-state index contributed by atoms with van der Waals surface area (Å²) in [5, 5.41) is 13.5. The molecule has 1 heterocycles. The fraction of sp³-hybridized carbons (Fsp3) is 0.0909. The lowest BCUT2D eigenvalue weighted by molar-refractivity contribution is 1.25. The number of hydrogen-bond donors (Lipinski definition) is 1. The van der Waals surface area contributed by atoms with Crippen LogP contribution < -0.4 is 15.2 Å². The van der Waals surface area contributed by atoms with E-state index in [1.807, 2.05) is 18.3 Å². The molecule has 78 valence electrons. The molecule has 0 aromatic carbocycles. The fourth-order valence-electron chi connectivity index (χ4n) is 1.86. The summed E-state index contributed by atoms with van der Waals surface area (Å²) in [4.78, 5) is 4.39. The molecule has 0 saturated carbocycles. The first-order valence-electron chi connectivity index (χ1n) is 4.72. The first-order valence-corrected chi connectivity index (χ1v) is 5.92. The van der Waals surface area contributed by atoms with Gasteiger partial charge in [0.05, 0.1) is 9.88 Å². The van der Waals surface area contributed by atoms with E-state index in [0.717, 1.165) is 26.9 Å². The number of nitrogens with zero attached hydrogens (tertiary/aromatic N) is 2. The van der Waals surface area contributed by atoms with Crippen LogP contribution in [0.2, 0.25) is 0 Å². The van der Waals surface area contributed by atoms with Gasteiger partial charge in [0.1, 0.15) is 0 Å². The van der Waals surface area contributed by atoms with Crippen molar-refractivity contribution in [3.05, 3.63) is 32.6 Å². The second kappa shape index (κ2) is 3.48. The second-order valence-electron chi connectivity index (χ2n) is 3.48. The molecule has 1 aromatic heterocycles. The number of allylic oxidation sites excluding steroid dienone is 4. The van der Waals surface area contributed by atoms with Crippen LogP contribution in [0.3, 0.4) is 0 Å². The van der Waals surface area contributed by atoms with E-state index in [2.05, 4.69) is 16.4 Å². The van der Waals surface area contributed by atoms with Crippen molar-refractivity contribution in [1.82, 2.24) is 4.98 Å². The number of anilines is 1. The summed E-state index contributed by atoms with van der Waals surface area (Å²) in [6.45, 7) is 0. The fourth-order valence-corrected chi connectivity index (χ4v) is 2.95. The molecule has 0 amide bonds. The zero-order valence-corrected chi connectivity index (χ0v) is 9.69. The number of halogens is 1. The average molecular weight is 248 g/mol. The minimum Gasteiger partial charge on any atom is -0.268 e. The molecule has 0 spiro atoms. The Hall–Kier alpha value is -1.57. The molecule has 3 nitrogen and oxygen atoms in total. The molecule has 5 heteroatoms. The van der Waals surface area contributed by atoms with Crippen LogP contribution in [0.15, 0.2) is 22.8 Å². The predicted molar refractivity (Wildman–Crippen MR) is 65.1 cm³/mol. The van der Waals surface area contributed by atoms with Crippen LogP contribution in [-0.4, -0.2) is 4.98 Å². The number of aromatic nitrogens is 1. The highest BCUT2D eigenvalue weighted by atomic mass is 35.5. The Bertz CT molecular complexity index is 688. The molecule has 0 fully saturated rings. The summed E-state index contributed by atoms with van der Waals surface area (Å²) < 4.78 is 1.10. The van der Waals surface area contributed by atoms with Crippen molar-refractivity contribution in [1.29, 1.82) is 5.26 Å². The Labute approximate surface area is 101 Å². The smallest absolute Gasteiger partial charge is 0.197 e. The summed E-state index contributed by atoms with van der Waals surface area (Å²) >= 11 is 7.44. The molecule has 2 aliphatic rings. The molecule has 0 unspecified atom stereocenters. The van der Waals surface area contributed by atoms with Crippen molar-refractivity contribution in [2.45, 2.75) is 6.42 Å². The van der Waals surface area contributed by atoms with Crippen molar-refractivity contribution >= 4 is 39.7 Å². The van der Waals surface area contributed by atoms with Gasteiger partial charge in [-0.05, 0) is 29.7 Å². The Morgan fingerprint density at radius 3 is 3.19 bits per heavy atom. The average Bonchev–Trinajstić information content (AvgIpc) is 2.74. The number of fused-ring (bicyclic) bond motifs is 2. The monoisotopic (exact) mass is 247 g/mol.